The molecule has 5 rings (SSSR count). The van der Waals surface area contributed by atoms with Crippen LogP contribution in [0.2, 0.25) is 0 Å². The Balaban J connectivity index is 1.37. The van der Waals surface area contributed by atoms with Gasteiger partial charge in [0, 0.05) is 35.8 Å². The number of fused-ring (bicyclic) bond motifs is 2. The average Bonchev–Trinajstić information content (AvgIpc) is 3.46. The molecule has 3 aromatic heterocycles. The summed E-state index contributed by atoms with van der Waals surface area (Å²) in [6.07, 6.45) is 5.12. The Morgan fingerprint density at radius 1 is 1.23 bits per heavy atom. The normalized spacial score (nSPS) is 16.1. The lowest BCUT2D eigenvalue weighted by Gasteiger charge is -2.10. The zero-order chi connectivity index (χ0) is 21.2. The van der Waals surface area contributed by atoms with Crippen molar-refractivity contribution in [3.05, 3.63) is 60.2 Å². The molecule has 1 aromatic carbocycles. The van der Waals surface area contributed by atoms with Gasteiger partial charge in [0.15, 0.2) is 17.3 Å². The second-order valence-corrected chi connectivity index (χ2v) is 7.73. The second kappa shape index (κ2) is 8.31. The molecule has 0 bridgehead atoms. The Bertz CT molecular complexity index is 1250. The zero-order valence-electron chi connectivity index (χ0n) is 17.2. The van der Waals surface area contributed by atoms with Gasteiger partial charge in [0.2, 0.25) is 0 Å². The van der Waals surface area contributed by atoms with E-state index in [2.05, 4.69) is 20.5 Å². The third-order valence-corrected chi connectivity index (χ3v) is 5.70. The number of pyridine rings is 2. The summed E-state index contributed by atoms with van der Waals surface area (Å²) in [7, 11) is 1.63. The fourth-order valence-electron chi connectivity index (χ4n) is 3.97. The number of nitrogens with zero attached hydrogens (tertiary/aromatic N) is 4. The lowest BCUT2D eigenvalue weighted by Crippen LogP contribution is -2.13. The largest absolute Gasteiger partial charge is 0.497 e. The fourth-order valence-corrected chi connectivity index (χ4v) is 3.97. The van der Waals surface area contributed by atoms with E-state index in [4.69, 9.17) is 9.47 Å². The lowest BCUT2D eigenvalue weighted by atomic mass is 9.98. The molecule has 0 unspecified atom stereocenters. The van der Waals surface area contributed by atoms with Gasteiger partial charge in [-0.25, -0.2) is 0 Å². The van der Waals surface area contributed by atoms with Crippen LogP contribution in [0.1, 0.15) is 29.0 Å². The Hall–Kier alpha value is -3.52. The van der Waals surface area contributed by atoms with E-state index in [0.717, 1.165) is 36.2 Å². The first-order valence-electron chi connectivity index (χ1n) is 10.3. The smallest absolute Gasteiger partial charge is 0.175 e. The number of ether oxygens (including phenoxy) is 2. The maximum Gasteiger partial charge on any atom is 0.175 e. The van der Waals surface area contributed by atoms with E-state index in [1.807, 2.05) is 47.0 Å². The molecule has 4 aromatic rings. The summed E-state index contributed by atoms with van der Waals surface area (Å²) in [6.45, 7) is 2.11. The van der Waals surface area contributed by atoms with Gasteiger partial charge in [-0.05, 0) is 55.8 Å². The van der Waals surface area contributed by atoms with Gasteiger partial charge in [-0.2, -0.15) is 0 Å². The molecule has 8 heteroatoms. The molecule has 0 saturated carbocycles. The molecule has 158 valence electrons. The molecule has 0 radical (unpaired) electrons. The molecule has 1 aliphatic rings. The number of carbonyl (C=O) groups is 1. The van der Waals surface area contributed by atoms with Gasteiger partial charge in [0.05, 0.1) is 12.6 Å². The van der Waals surface area contributed by atoms with Crippen molar-refractivity contribution in [3.63, 3.8) is 0 Å². The Kier molecular flexibility index (Phi) is 5.21. The Morgan fingerprint density at radius 2 is 2.16 bits per heavy atom. The minimum atomic E-state index is 0.144. The number of hydrogen-bond acceptors (Lipinski definition) is 7. The lowest BCUT2D eigenvalue weighted by molar-refractivity contribution is 0.0964. The predicted molar refractivity (Wildman–Crippen MR) is 116 cm³/mol. The average molecular weight is 417 g/mol. The summed E-state index contributed by atoms with van der Waals surface area (Å²) >= 11 is 0. The number of carbonyl (C=O) groups excluding carboxylic acids is 1. The van der Waals surface area contributed by atoms with E-state index in [-0.39, 0.29) is 12.4 Å². The third kappa shape index (κ3) is 3.94. The second-order valence-electron chi connectivity index (χ2n) is 7.73. The quantitative estimate of drug-likeness (QED) is 0.462. The van der Waals surface area contributed by atoms with Crippen LogP contribution >= 0.6 is 0 Å². The van der Waals surface area contributed by atoms with E-state index in [1.165, 1.54) is 0 Å². The molecule has 1 aliphatic heterocycles. The summed E-state index contributed by atoms with van der Waals surface area (Å²) in [6, 6.07) is 11.1. The van der Waals surface area contributed by atoms with Crippen molar-refractivity contribution in [2.45, 2.75) is 19.4 Å². The first-order chi connectivity index (χ1) is 15.2. The third-order valence-electron chi connectivity index (χ3n) is 5.70. The SMILES string of the molecule is COc1ccc2c(OCc3nnc4ccc(C(=O)C[C@@H]5CCNC5)cn34)ccnc2c1. The number of nitrogens with one attached hydrogen (secondary N) is 1. The zero-order valence-corrected chi connectivity index (χ0v) is 17.2. The highest BCUT2D eigenvalue weighted by Gasteiger charge is 2.20. The van der Waals surface area contributed by atoms with Crippen LogP contribution in [0.15, 0.2) is 48.8 Å². The van der Waals surface area contributed by atoms with Crippen LogP contribution in [0, 0.1) is 5.92 Å². The molecule has 1 N–H and O–H groups in total. The van der Waals surface area contributed by atoms with Crippen LogP contribution in [0.4, 0.5) is 0 Å². The molecule has 1 saturated heterocycles. The van der Waals surface area contributed by atoms with Crippen molar-refractivity contribution in [2.24, 2.45) is 5.92 Å². The standard InChI is InChI=1S/C23H23N5O3/c1-30-17-3-4-18-19(11-17)25-9-7-21(18)31-14-23-27-26-22-5-2-16(13-28(22)23)20(29)10-15-6-8-24-12-15/h2-5,7,9,11,13,15,24H,6,8,10,12,14H2,1H3/t15-/m0/s1. The first-order valence-corrected chi connectivity index (χ1v) is 10.3. The van der Waals surface area contributed by atoms with Gasteiger partial charge < -0.3 is 14.8 Å². The van der Waals surface area contributed by atoms with Crippen LogP contribution < -0.4 is 14.8 Å². The monoisotopic (exact) mass is 417 g/mol. The van der Waals surface area contributed by atoms with E-state index in [9.17, 15) is 4.79 Å². The topological polar surface area (TPSA) is 90.6 Å². The van der Waals surface area contributed by atoms with Gasteiger partial charge in [-0.15, -0.1) is 10.2 Å². The molecule has 0 aliphatic carbocycles. The fraction of sp³-hybridized carbons (Fsp3) is 0.304. The highest BCUT2D eigenvalue weighted by Crippen LogP contribution is 2.27. The van der Waals surface area contributed by atoms with Gasteiger partial charge >= 0.3 is 0 Å². The predicted octanol–water partition coefficient (Wildman–Crippen LogP) is 3.05. The van der Waals surface area contributed by atoms with Gasteiger partial charge in [0.1, 0.15) is 18.1 Å². The van der Waals surface area contributed by atoms with Gasteiger partial charge in [-0.3, -0.25) is 14.2 Å². The molecule has 8 nitrogen and oxygen atoms in total. The summed E-state index contributed by atoms with van der Waals surface area (Å²) in [5, 5.41) is 12.7. The highest BCUT2D eigenvalue weighted by molar-refractivity contribution is 5.96. The molecule has 1 fully saturated rings. The number of hydrogen-bond donors (Lipinski definition) is 1. The Morgan fingerprint density at radius 3 is 3.00 bits per heavy atom. The number of methoxy groups -OCH3 is 1. The maximum atomic E-state index is 12.7. The van der Waals surface area contributed by atoms with Crippen molar-refractivity contribution < 1.29 is 14.3 Å². The van der Waals surface area contributed by atoms with Crippen molar-refractivity contribution in [3.8, 4) is 11.5 Å². The summed E-state index contributed by atoms with van der Waals surface area (Å²) in [5.74, 6) is 2.62. The number of Topliss-reactive ketones (excluding diaryl/α,β-unsaturated/α-hetero) is 1. The van der Waals surface area contributed by atoms with Crippen LogP contribution in [0.5, 0.6) is 11.5 Å². The highest BCUT2D eigenvalue weighted by atomic mass is 16.5. The minimum absolute atomic E-state index is 0.144. The van der Waals surface area contributed by atoms with Crippen molar-refractivity contribution in [1.82, 2.24) is 24.9 Å². The van der Waals surface area contributed by atoms with Crippen molar-refractivity contribution >= 4 is 22.3 Å². The van der Waals surface area contributed by atoms with E-state index < -0.39 is 0 Å². The summed E-state index contributed by atoms with van der Waals surface area (Å²) in [4.78, 5) is 17.1. The van der Waals surface area contributed by atoms with Gasteiger partial charge in [-0.1, -0.05) is 0 Å². The van der Waals surface area contributed by atoms with Crippen LogP contribution in [0.25, 0.3) is 16.6 Å². The van der Waals surface area contributed by atoms with Crippen molar-refractivity contribution in [2.75, 3.05) is 20.2 Å². The molecule has 1 atom stereocenters. The molecule has 31 heavy (non-hydrogen) atoms. The van der Waals surface area contributed by atoms with E-state index in [0.29, 0.717) is 35.1 Å². The molecular weight excluding hydrogens is 394 g/mol. The summed E-state index contributed by atoms with van der Waals surface area (Å²) < 4.78 is 13.1. The number of ketones is 1. The molecule has 0 spiro atoms. The Labute approximate surface area is 179 Å². The number of aromatic nitrogens is 4. The van der Waals surface area contributed by atoms with Crippen LogP contribution in [-0.2, 0) is 6.61 Å². The van der Waals surface area contributed by atoms with Gasteiger partial charge in [0.25, 0.3) is 0 Å². The molecular formula is C23H23N5O3. The van der Waals surface area contributed by atoms with E-state index in [1.54, 1.807) is 13.3 Å². The summed E-state index contributed by atoms with van der Waals surface area (Å²) in [5.41, 5.74) is 2.14. The van der Waals surface area contributed by atoms with E-state index >= 15 is 0 Å². The first kappa shape index (κ1) is 19.4. The van der Waals surface area contributed by atoms with Crippen LogP contribution in [-0.4, -0.2) is 45.6 Å². The van der Waals surface area contributed by atoms with Crippen molar-refractivity contribution in [1.29, 1.82) is 0 Å². The van der Waals surface area contributed by atoms with Crippen LogP contribution in [0.3, 0.4) is 0 Å². The molecule has 0 amide bonds. The molecule has 4 heterocycles. The minimum Gasteiger partial charge on any atom is -0.497 e. The maximum absolute atomic E-state index is 12.7. The number of rotatable bonds is 7. The number of benzene rings is 1.